The first-order chi connectivity index (χ1) is 16.4. The summed E-state index contributed by atoms with van der Waals surface area (Å²) in [5, 5.41) is 20.9. The van der Waals surface area contributed by atoms with Crippen LogP contribution in [-0.2, 0) is 12.7 Å². The zero-order valence-electron chi connectivity index (χ0n) is 18.1. The molecule has 0 radical (unpaired) electrons. The molecule has 1 fully saturated rings. The van der Waals surface area contributed by atoms with Crippen LogP contribution in [0.3, 0.4) is 0 Å². The molecule has 3 N–H and O–H groups in total. The van der Waals surface area contributed by atoms with Crippen molar-refractivity contribution >= 4 is 28.5 Å². The zero-order valence-corrected chi connectivity index (χ0v) is 18.1. The van der Waals surface area contributed by atoms with Gasteiger partial charge in [0.15, 0.2) is 11.1 Å². The van der Waals surface area contributed by atoms with Crippen molar-refractivity contribution in [1.29, 1.82) is 5.41 Å². The van der Waals surface area contributed by atoms with Crippen LogP contribution in [0, 0.1) is 5.41 Å². The Labute approximate surface area is 192 Å². The highest BCUT2D eigenvalue weighted by molar-refractivity contribution is 5.90. The van der Waals surface area contributed by atoms with Crippen molar-refractivity contribution in [3.63, 3.8) is 0 Å². The highest BCUT2D eigenvalue weighted by Gasteiger charge is 2.38. The molecule has 1 aliphatic heterocycles. The smallest absolute Gasteiger partial charge is 0.351 e. The first-order valence-electron chi connectivity index (χ1n) is 11.2. The fourth-order valence-corrected chi connectivity index (χ4v) is 5.02. The molecule has 1 saturated carbocycles. The number of hydrogen-bond acceptors (Lipinski definition) is 5. The van der Waals surface area contributed by atoms with Crippen LogP contribution in [0.2, 0.25) is 0 Å². The van der Waals surface area contributed by atoms with Gasteiger partial charge in [-0.2, -0.15) is 23.3 Å². The third kappa shape index (κ3) is 3.41. The Bertz CT molecular complexity index is 1420. The van der Waals surface area contributed by atoms with E-state index in [1.807, 2.05) is 30.3 Å². The zero-order chi connectivity index (χ0) is 23.4. The maximum absolute atomic E-state index is 13.0. The predicted octanol–water partition coefficient (Wildman–Crippen LogP) is 5.04. The highest BCUT2D eigenvalue weighted by Crippen LogP contribution is 2.41. The van der Waals surface area contributed by atoms with Gasteiger partial charge in [0.1, 0.15) is 11.2 Å². The molecule has 2 aromatic carbocycles. The lowest BCUT2D eigenvalue weighted by atomic mass is 10.1. The Morgan fingerprint density at radius 2 is 1.82 bits per heavy atom. The van der Waals surface area contributed by atoms with E-state index in [-0.39, 0.29) is 24.1 Å². The van der Waals surface area contributed by atoms with Crippen molar-refractivity contribution in [3.05, 3.63) is 71.2 Å². The van der Waals surface area contributed by atoms with E-state index in [2.05, 4.69) is 20.2 Å². The van der Waals surface area contributed by atoms with Crippen LogP contribution in [0.4, 0.5) is 30.6 Å². The van der Waals surface area contributed by atoms with E-state index in [9.17, 15) is 13.2 Å². The molecular weight excluding hydrogens is 443 g/mol. The Kier molecular flexibility index (Phi) is 4.65. The molecule has 7 nitrogen and oxygen atoms in total. The van der Waals surface area contributed by atoms with E-state index in [1.54, 1.807) is 4.68 Å². The number of halogens is 3. The van der Waals surface area contributed by atoms with Crippen molar-refractivity contribution in [2.75, 3.05) is 10.6 Å². The lowest BCUT2D eigenvalue weighted by Crippen LogP contribution is -2.15. The molecule has 0 spiro atoms. The molecule has 0 unspecified atom stereocenters. The van der Waals surface area contributed by atoms with Crippen LogP contribution in [-0.4, -0.2) is 25.4 Å². The molecule has 6 rings (SSSR count). The Balaban J connectivity index is 1.49. The summed E-state index contributed by atoms with van der Waals surface area (Å²) in [6.07, 6.45) is -1.21. The summed E-state index contributed by atoms with van der Waals surface area (Å²) in [5.41, 5.74) is 1.57. The standard InChI is InChI=1S/C24H22F3N7/c25-24(26,27)15-11-9-14(10-12-15)13-33-21(29-16-5-2-1-3-6-16)19-20(28)31-23-30-17-7-4-8-18(17)34(23)22(19)32-33/h1-3,5-6,9-12,17-18,29H,4,7-8,13H2,(H2,28,30,31)/t17-,18+/m1/s1. The van der Waals surface area contributed by atoms with Crippen LogP contribution in [0.1, 0.15) is 36.4 Å². The van der Waals surface area contributed by atoms with Gasteiger partial charge in [0.05, 0.1) is 18.2 Å². The molecule has 0 saturated heterocycles. The summed E-state index contributed by atoms with van der Waals surface area (Å²) >= 11 is 0. The van der Waals surface area contributed by atoms with Gasteiger partial charge >= 0.3 is 6.18 Å². The summed E-state index contributed by atoms with van der Waals surface area (Å²) in [6, 6.07) is 15.1. The molecule has 10 heteroatoms. The van der Waals surface area contributed by atoms with Crippen LogP contribution >= 0.6 is 0 Å². The average molecular weight is 465 g/mol. The van der Waals surface area contributed by atoms with E-state index in [4.69, 9.17) is 10.5 Å². The van der Waals surface area contributed by atoms with Crippen LogP contribution in [0.25, 0.3) is 11.0 Å². The van der Waals surface area contributed by atoms with Gasteiger partial charge in [-0.3, -0.25) is 9.98 Å². The van der Waals surface area contributed by atoms with Crippen LogP contribution in [0.5, 0.6) is 0 Å². The first kappa shape index (κ1) is 20.8. The lowest BCUT2D eigenvalue weighted by Gasteiger charge is -2.12. The quantitative estimate of drug-likeness (QED) is 0.394. The number of para-hydroxylation sites is 1. The number of rotatable bonds is 4. The number of anilines is 3. The number of aromatic nitrogens is 4. The van der Waals surface area contributed by atoms with Gasteiger partial charge in [0.2, 0.25) is 5.95 Å². The summed E-state index contributed by atoms with van der Waals surface area (Å²) in [6.45, 7) is 0.248. The maximum Gasteiger partial charge on any atom is 0.416 e. The van der Waals surface area contributed by atoms with Gasteiger partial charge in [-0.1, -0.05) is 30.3 Å². The molecule has 2 aliphatic rings. The van der Waals surface area contributed by atoms with E-state index >= 15 is 0 Å². The number of nitrogens with one attached hydrogen (secondary N) is 3. The highest BCUT2D eigenvalue weighted by atomic mass is 19.4. The Morgan fingerprint density at radius 1 is 1.06 bits per heavy atom. The minimum absolute atomic E-state index is 0.103. The average Bonchev–Trinajstić information content (AvgIpc) is 3.48. The van der Waals surface area contributed by atoms with Gasteiger partial charge in [-0.15, -0.1) is 0 Å². The number of fused-ring (bicyclic) bond motifs is 5. The predicted molar refractivity (Wildman–Crippen MR) is 122 cm³/mol. The Morgan fingerprint density at radius 3 is 2.56 bits per heavy atom. The number of nitrogens with zero attached hydrogens (tertiary/aromatic N) is 4. The summed E-state index contributed by atoms with van der Waals surface area (Å²) in [5.74, 6) is 1.24. The fourth-order valence-electron chi connectivity index (χ4n) is 5.02. The van der Waals surface area contributed by atoms with Gasteiger partial charge in [-0.25, -0.2) is 4.68 Å². The molecule has 3 heterocycles. The minimum Gasteiger partial charge on any atom is -0.351 e. The molecule has 0 amide bonds. The normalized spacial score (nSPS) is 19.1. The fraction of sp³-hybridized carbons (Fsp3) is 0.292. The van der Waals surface area contributed by atoms with E-state index in [0.29, 0.717) is 28.4 Å². The third-order valence-corrected chi connectivity index (χ3v) is 6.62. The van der Waals surface area contributed by atoms with Gasteiger partial charge < -0.3 is 10.6 Å². The largest absolute Gasteiger partial charge is 0.416 e. The molecule has 0 bridgehead atoms. The molecule has 174 valence electrons. The molecule has 4 aromatic rings. The van der Waals surface area contributed by atoms with Crippen molar-refractivity contribution < 1.29 is 13.2 Å². The Hall–Kier alpha value is -3.82. The van der Waals surface area contributed by atoms with Crippen molar-refractivity contribution in [1.82, 2.24) is 19.3 Å². The SMILES string of the molecule is N=c1nc2n(c3nn(Cc4ccc(C(F)(F)F)cc4)c(Nc4ccccc4)c13)[C@H]1CCC[C@H]1N2. The molecule has 2 aromatic heterocycles. The van der Waals surface area contributed by atoms with Crippen molar-refractivity contribution in [3.8, 4) is 0 Å². The third-order valence-electron chi connectivity index (χ3n) is 6.62. The van der Waals surface area contributed by atoms with Crippen LogP contribution in [0.15, 0.2) is 54.6 Å². The number of alkyl halides is 3. The lowest BCUT2D eigenvalue weighted by molar-refractivity contribution is -0.137. The van der Waals surface area contributed by atoms with Crippen molar-refractivity contribution in [2.45, 2.75) is 44.1 Å². The second-order valence-corrected chi connectivity index (χ2v) is 8.79. The minimum atomic E-state index is -4.38. The summed E-state index contributed by atoms with van der Waals surface area (Å²) in [4.78, 5) is 4.53. The molecular formula is C24H22F3N7. The van der Waals surface area contributed by atoms with Crippen LogP contribution < -0.4 is 16.1 Å². The van der Waals surface area contributed by atoms with E-state index in [0.717, 1.165) is 37.1 Å². The van der Waals surface area contributed by atoms with E-state index < -0.39 is 11.7 Å². The van der Waals surface area contributed by atoms with E-state index in [1.165, 1.54) is 12.1 Å². The summed E-state index contributed by atoms with van der Waals surface area (Å²) < 4.78 is 42.8. The number of hydrogen-bond donors (Lipinski definition) is 3. The monoisotopic (exact) mass is 465 g/mol. The van der Waals surface area contributed by atoms with Gasteiger partial charge in [0, 0.05) is 11.7 Å². The number of benzene rings is 2. The molecule has 34 heavy (non-hydrogen) atoms. The molecule has 2 atom stereocenters. The first-order valence-corrected chi connectivity index (χ1v) is 11.2. The topological polar surface area (TPSA) is 83.5 Å². The van der Waals surface area contributed by atoms with Gasteiger partial charge in [-0.05, 0) is 49.1 Å². The summed E-state index contributed by atoms with van der Waals surface area (Å²) in [7, 11) is 0. The van der Waals surface area contributed by atoms with Gasteiger partial charge in [0.25, 0.3) is 0 Å². The maximum atomic E-state index is 13.0. The second kappa shape index (κ2) is 7.61. The second-order valence-electron chi connectivity index (χ2n) is 8.79. The van der Waals surface area contributed by atoms with Crippen molar-refractivity contribution in [2.24, 2.45) is 0 Å². The molecule has 1 aliphatic carbocycles.